The topological polar surface area (TPSA) is 90.0 Å². The Balaban J connectivity index is 1.95. The van der Waals surface area contributed by atoms with Crippen molar-refractivity contribution in [3.05, 3.63) is 24.5 Å². The number of anilines is 1. The zero-order chi connectivity index (χ0) is 12.1. The standard InChI is InChI=1S/C11H14N4O2/c16-5-1-4-12-11(17)15-8-2-3-9-10(6-8)14-7-13-9/h2-3,6-7,16H,1,4-5H2,(H,13,14)(H2,12,15,17). The molecule has 17 heavy (non-hydrogen) atoms. The van der Waals surface area contributed by atoms with Crippen LogP contribution in [0.25, 0.3) is 11.0 Å². The molecule has 0 atom stereocenters. The van der Waals surface area contributed by atoms with Crippen LogP contribution in [0, 0.1) is 0 Å². The first kappa shape index (κ1) is 11.4. The van der Waals surface area contributed by atoms with Crippen LogP contribution < -0.4 is 10.6 Å². The summed E-state index contributed by atoms with van der Waals surface area (Å²) in [6.07, 6.45) is 2.16. The van der Waals surface area contributed by atoms with E-state index in [1.54, 1.807) is 12.4 Å². The van der Waals surface area contributed by atoms with Crippen LogP contribution in [-0.4, -0.2) is 34.3 Å². The number of hydrogen-bond acceptors (Lipinski definition) is 3. The van der Waals surface area contributed by atoms with E-state index in [1.807, 2.05) is 12.1 Å². The first-order chi connectivity index (χ1) is 8.29. The lowest BCUT2D eigenvalue weighted by atomic mass is 10.3. The van der Waals surface area contributed by atoms with Crippen molar-refractivity contribution in [3.63, 3.8) is 0 Å². The maximum absolute atomic E-state index is 11.4. The second-order valence-electron chi connectivity index (χ2n) is 3.59. The number of carbonyl (C=O) groups is 1. The van der Waals surface area contributed by atoms with Crippen LogP contribution in [0.3, 0.4) is 0 Å². The third kappa shape index (κ3) is 2.94. The minimum Gasteiger partial charge on any atom is -0.396 e. The monoisotopic (exact) mass is 234 g/mol. The number of amides is 2. The van der Waals surface area contributed by atoms with Gasteiger partial charge in [0.05, 0.1) is 17.4 Å². The molecule has 0 aliphatic carbocycles. The number of aromatic nitrogens is 2. The van der Waals surface area contributed by atoms with E-state index in [0.29, 0.717) is 18.7 Å². The van der Waals surface area contributed by atoms with Gasteiger partial charge in [-0.15, -0.1) is 0 Å². The van der Waals surface area contributed by atoms with Gasteiger partial charge in [-0.05, 0) is 24.6 Å². The van der Waals surface area contributed by atoms with Crippen molar-refractivity contribution < 1.29 is 9.90 Å². The summed E-state index contributed by atoms with van der Waals surface area (Å²) < 4.78 is 0. The van der Waals surface area contributed by atoms with Crippen LogP contribution in [-0.2, 0) is 0 Å². The van der Waals surface area contributed by atoms with Crippen LogP contribution in [0.5, 0.6) is 0 Å². The highest BCUT2D eigenvalue weighted by Crippen LogP contribution is 2.15. The largest absolute Gasteiger partial charge is 0.396 e. The van der Waals surface area contributed by atoms with Crippen molar-refractivity contribution in [2.75, 3.05) is 18.5 Å². The molecule has 0 saturated carbocycles. The molecule has 0 bridgehead atoms. The van der Waals surface area contributed by atoms with E-state index in [-0.39, 0.29) is 12.6 Å². The van der Waals surface area contributed by atoms with Crippen LogP contribution in [0.2, 0.25) is 0 Å². The fraction of sp³-hybridized carbons (Fsp3) is 0.273. The molecular formula is C11H14N4O2. The number of hydrogen-bond donors (Lipinski definition) is 4. The van der Waals surface area contributed by atoms with Gasteiger partial charge in [0.1, 0.15) is 0 Å². The zero-order valence-corrected chi connectivity index (χ0v) is 9.23. The van der Waals surface area contributed by atoms with Gasteiger partial charge < -0.3 is 20.7 Å². The van der Waals surface area contributed by atoms with Crippen molar-refractivity contribution in [2.24, 2.45) is 0 Å². The maximum atomic E-state index is 11.4. The third-order valence-electron chi connectivity index (χ3n) is 2.30. The predicted octanol–water partition coefficient (Wildman–Crippen LogP) is 1.07. The number of aliphatic hydroxyl groups is 1. The lowest BCUT2D eigenvalue weighted by Crippen LogP contribution is -2.29. The molecule has 0 saturated heterocycles. The molecule has 2 amide bonds. The Labute approximate surface area is 98.1 Å². The maximum Gasteiger partial charge on any atom is 0.319 e. The average molecular weight is 234 g/mol. The average Bonchev–Trinajstić information content (AvgIpc) is 2.76. The van der Waals surface area contributed by atoms with Crippen molar-refractivity contribution in [2.45, 2.75) is 6.42 Å². The van der Waals surface area contributed by atoms with Gasteiger partial charge in [0.15, 0.2) is 0 Å². The number of benzene rings is 1. The second kappa shape index (κ2) is 5.31. The van der Waals surface area contributed by atoms with E-state index in [0.717, 1.165) is 11.0 Å². The molecule has 1 aromatic carbocycles. The number of aromatic amines is 1. The Hall–Kier alpha value is -2.08. The first-order valence-electron chi connectivity index (χ1n) is 5.38. The fourth-order valence-electron chi connectivity index (χ4n) is 1.47. The number of imidazole rings is 1. The Bertz CT molecular complexity index is 509. The van der Waals surface area contributed by atoms with Gasteiger partial charge in [0.25, 0.3) is 0 Å². The van der Waals surface area contributed by atoms with Gasteiger partial charge in [-0.1, -0.05) is 0 Å². The van der Waals surface area contributed by atoms with Gasteiger partial charge in [-0.25, -0.2) is 9.78 Å². The lowest BCUT2D eigenvalue weighted by molar-refractivity contribution is 0.249. The minimum atomic E-state index is -0.280. The molecule has 2 aromatic rings. The fourth-order valence-corrected chi connectivity index (χ4v) is 1.47. The lowest BCUT2D eigenvalue weighted by Gasteiger charge is -2.06. The van der Waals surface area contributed by atoms with Crippen molar-refractivity contribution in [3.8, 4) is 0 Å². The predicted molar refractivity (Wildman–Crippen MR) is 64.8 cm³/mol. The quantitative estimate of drug-likeness (QED) is 0.596. The van der Waals surface area contributed by atoms with Gasteiger partial charge in [-0.3, -0.25) is 0 Å². The summed E-state index contributed by atoms with van der Waals surface area (Å²) in [5.41, 5.74) is 2.43. The van der Waals surface area contributed by atoms with Crippen molar-refractivity contribution >= 4 is 22.8 Å². The van der Waals surface area contributed by atoms with Crippen molar-refractivity contribution in [1.82, 2.24) is 15.3 Å². The van der Waals surface area contributed by atoms with Crippen LogP contribution in [0.1, 0.15) is 6.42 Å². The minimum absolute atomic E-state index is 0.0698. The molecule has 0 fully saturated rings. The number of rotatable bonds is 4. The molecule has 1 heterocycles. The number of aliphatic hydroxyl groups excluding tert-OH is 1. The molecule has 2 rings (SSSR count). The first-order valence-corrected chi connectivity index (χ1v) is 5.38. The van der Waals surface area contributed by atoms with E-state index < -0.39 is 0 Å². The highest BCUT2D eigenvalue weighted by Gasteiger charge is 2.02. The number of urea groups is 1. The summed E-state index contributed by atoms with van der Waals surface area (Å²) in [4.78, 5) is 18.5. The van der Waals surface area contributed by atoms with Gasteiger partial charge in [0.2, 0.25) is 0 Å². The number of H-pyrrole nitrogens is 1. The SMILES string of the molecule is O=C(NCCCO)Nc1ccc2nc[nH]c2c1. The highest BCUT2D eigenvalue weighted by molar-refractivity contribution is 5.91. The summed E-state index contributed by atoms with van der Waals surface area (Å²) in [7, 11) is 0. The van der Waals surface area contributed by atoms with E-state index in [4.69, 9.17) is 5.11 Å². The molecule has 0 aliphatic heterocycles. The molecule has 90 valence electrons. The number of carbonyl (C=O) groups excluding carboxylic acids is 1. The molecule has 6 heteroatoms. The van der Waals surface area contributed by atoms with E-state index in [2.05, 4.69) is 20.6 Å². The normalized spacial score (nSPS) is 10.4. The third-order valence-corrected chi connectivity index (χ3v) is 2.30. The Kier molecular flexibility index (Phi) is 3.56. The number of nitrogens with one attached hydrogen (secondary N) is 3. The Morgan fingerprint density at radius 1 is 1.47 bits per heavy atom. The Morgan fingerprint density at radius 3 is 3.18 bits per heavy atom. The summed E-state index contributed by atoms with van der Waals surface area (Å²) in [6.45, 7) is 0.523. The molecule has 0 radical (unpaired) electrons. The molecule has 6 nitrogen and oxygen atoms in total. The van der Waals surface area contributed by atoms with Gasteiger partial charge in [0, 0.05) is 18.8 Å². The summed E-state index contributed by atoms with van der Waals surface area (Å²) >= 11 is 0. The van der Waals surface area contributed by atoms with Crippen LogP contribution in [0.4, 0.5) is 10.5 Å². The molecular weight excluding hydrogens is 220 g/mol. The van der Waals surface area contributed by atoms with Gasteiger partial charge in [-0.2, -0.15) is 0 Å². The summed E-state index contributed by atoms with van der Waals surface area (Å²) in [5, 5.41) is 13.9. The summed E-state index contributed by atoms with van der Waals surface area (Å²) in [6, 6.07) is 5.15. The molecule has 1 aromatic heterocycles. The van der Waals surface area contributed by atoms with Gasteiger partial charge >= 0.3 is 6.03 Å². The van der Waals surface area contributed by atoms with E-state index >= 15 is 0 Å². The highest BCUT2D eigenvalue weighted by atomic mass is 16.3. The zero-order valence-electron chi connectivity index (χ0n) is 9.23. The molecule has 4 N–H and O–H groups in total. The van der Waals surface area contributed by atoms with Crippen LogP contribution in [0.15, 0.2) is 24.5 Å². The summed E-state index contributed by atoms with van der Waals surface area (Å²) in [5.74, 6) is 0. The molecule has 0 aliphatic rings. The van der Waals surface area contributed by atoms with E-state index in [1.165, 1.54) is 0 Å². The number of fused-ring (bicyclic) bond motifs is 1. The number of nitrogens with zero attached hydrogens (tertiary/aromatic N) is 1. The molecule has 0 spiro atoms. The Morgan fingerprint density at radius 2 is 2.35 bits per heavy atom. The second-order valence-corrected chi connectivity index (χ2v) is 3.59. The molecule has 0 unspecified atom stereocenters. The van der Waals surface area contributed by atoms with Crippen LogP contribution >= 0.6 is 0 Å². The smallest absolute Gasteiger partial charge is 0.319 e. The van der Waals surface area contributed by atoms with E-state index in [9.17, 15) is 4.79 Å². The van der Waals surface area contributed by atoms with Crippen molar-refractivity contribution in [1.29, 1.82) is 0 Å².